The van der Waals surface area contributed by atoms with Crippen LogP contribution in [0.3, 0.4) is 0 Å². The first-order chi connectivity index (χ1) is 14.2. The van der Waals surface area contributed by atoms with Gasteiger partial charge in [0.25, 0.3) is 0 Å². The van der Waals surface area contributed by atoms with Crippen molar-refractivity contribution in [2.24, 2.45) is 4.99 Å². The normalized spacial score (nSPS) is 17.2. The second-order valence-corrected chi connectivity index (χ2v) is 7.35. The van der Waals surface area contributed by atoms with Crippen LogP contribution in [-0.2, 0) is 0 Å². The van der Waals surface area contributed by atoms with Crippen LogP contribution in [0.15, 0.2) is 59.9 Å². The maximum absolute atomic E-state index is 10.4. The minimum atomic E-state index is -0.615. The van der Waals surface area contributed by atoms with E-state index in [9.17, 15) is 5.11 Å². The van der Waals surface area contributed by atoms with E-state index in [4.69, 9.17) is 4.99 Å². The van der Waals surface area contributed by atoms with Gasteiger partial charge in [-0.1, -0.05) is 37.3 Å². The molecule has 7 heteroatoms. The van der Waals surface area contributed by atoms with Crippen molar-refractivity contribution < 1.29 is 5.11 Å². The average Bonchev–Trinajstić information content (AvgIpc) is 2.79. The fourth-order valence-corrected chi connectivity index (χ4v) is 3.92. The van der Waals surface area contributed by atoms with Gasteiger partial charge in [0, 0.05) is 51.2 Å². The number of hydrogen-bond donors (Lipinski definition) is 2. The number of halogens is 1. The van der Waals surface area contributed by atoms with E-state index < -0.39 is 6.10 Å². The number of hydrogen-bond acceptors (Lipinski definition) is 4. The number of piperazine rings is 1. The van der Waals surface area contributed by atoms with Gasteiger partial charge in [-0.15, -0.1) is 24.0 Å². The molecule has 1 aliphatic rings. The highest BCUT2D eigenvalue weighted by molar-refractivity contribution is 14.0. The molecule has 164 valence electrons. The number of nitrogens with zero attached hydrogens (tertiary/aromatic N) is 4. The quantitative estimate of drug-likeness (QED) is 0.331. The molecule has 30 heavy (non-hydrogen) atoms. The summed E-state index contributed by atoms with van der Waals surface area (Å²) in [7, 11) is 0. The first-order valence-corrected chi connectivity index (χ1v) is 10.6. The second-order valence-electron chi connectivity index (χ2n) is 7.35. The molecule has 1 saturated heterocycles. The lowest BCUT2D eigenvalue weighted by molar-refractivity contribution is 0.126. The number of rotatable bonds is 7. The molecule has 6 nitrogen and oxygen atoms in total. The Morgan fingerprint density at radius 2 is 1.70 bits per heavy atom. The summed E-state index contributed by atoms with van der Waals surface area (Å²) in [4.78, 5) is 13.6. The zero-order chi connectivity index (χ0) is 20.5. The van der Waals surface area contributed by atoms with E-state index in [1.165, 1.54) is 5.56 Å². The highest BCUT2D eigenvalue weighted by Gasteiger charge is 2.25. The molecule has 2 heterocycles. The van der Waals surface area contributed by atoms with Gasteiger partial charge in [-0.05, 0) is 36.6 Å². The van der Waals surface area contributed by atoms with Crippen LogP contribution in [0.4, 0.5) is 0 Å². The second kappa shape index (κ2) is 12.9. The number of guanidine groups is 1. The molecule has 1 aromatic heterocycles. The monoisotopic (exact) mass is 523 g/mol. The largest absolute Gasteiger partial charge is 0.386 e. The van der Waals surface area contributed by atoms with Crippen molar-refractivity contribution in [3.05, 3.63) is 66.0 Å². The molecule has 0 aliphatic carbocycles. The van der Waals surface area contributed by atoms with Crippen LogP contribution < -0.4 is 5.32 Å². The first kappa shape index (κ1) is 24.6. The van der Waals surface area contributed by atoms with Crippen LogP contribution in [0.5, 0.6) is 0 Å². The molecule has 0 bridgehead atoms. The van der Waals surface area contributed by atoms with Gasteiger partial charge >= 0.3 is 0 Å². The summed E-state index contributed by atoms with van der Waals surface area (Å²) in [5, 5.41) is 13.8. The van der Waals surface area contributed by atoms with Crippen LogP contribution in [0.1, 0.15) is 43.5 Å². The van der Waals surface area contributed by atoms with Crippen LogP contribution in [0, 0.1) is 0 Å². The fraction of sp³-hybridized carbons (Fsp3) is 0.478. The number of aliphatic hydroxyl groups excluding tert-OH is 1. The van der Waals surface area contributed by atoms with Gasteiger partial charge in [-0.25, -0.2) is 0 Å². The van der Waals surface area contributed by atoms with Crippen LogP contribution in [0.2, 0.25) is 0 Å². The fourth-order valence-electron chi connectivity index (χ4n) is 3.92. The van der Waals surface area contributed by atoms with Crippen LogP contribution >= 0.6 is 24.0 Å². The third-order valence-corrected chi connectivity index (χ3v) is 5.47. The van der Waals surface area contributed by atoms with E-state index in [2.05, 4.69) is 64.3 Å². The molecule has 2 atom stereocenters. The highest BCUT2D eigenvalue weighted by Crippen LogP contribution is 2.25. The number of benzene rings is 1. The molecular formula is C23H34IN5O. The van der Waals surface area contributed by atoms with E-state index in [1.807, 2.05) is 12.1 Å². The summed E-state index contributed by atoms with van der Waals surface area (Å²) in [6.45, 7) is 9.36. The van der Waals surface area contributed by atoms with Crippen molar-refractivity contribution in [3.8, 4) is 0 Å². The molecule has 2 aromatic rings. The molecular weight excluding hydrogens is 489 g/mol. The van der Waals surface area contributed by atoms with Gasteiger partial charge in [-0.2, -0.15) is 0 Å². The summed E-state index contributed by atoms with van der Waals surface area (Å²) in [6, 6.07) is 14.9. The number of pyridine rings is 1. The van der Waals surface area contributed by atoms with Gasteiger partial charge in [0.2, 0.25) is 0 Å². The lowest BCUT2D eigenvalue weighted by Gasteiger charge is -2.40. The number of nitrogens with one attached hydrogen (secondary N) is 1. The van der Waals surface area contributed by atoms with E-state index in [1.54, 1.807) is 12.4 Å². The van der Waals surface area contributed by atoms with Crippen molar-refractivity contribution in [2.75, 3.05) is 39.3 Å². The minimum absolute atomic E-state index is 0. The van der Waals surface area contributed by atoms with Gasteiger partial charge in [-0.3, -0.25) is 14.9 Å². The van der Waals surface area contributed by atoms with Gasteiger partial charge in [0.05, 0.1) is 12.6 Å². The lowest BCUT2D eigenvalue weighted by atomic mass is 10.0. The van der Waals surface area contributed by atoms with Crippen molar-refractivity contribution in [1.82, 2.24) is 20.1 Å². The van der Waals surface area contributed by atoms with Crippen LogP contribution in [0.25, 0.3) is 0 Å². The molecule has 0 radical (unpaired) electrons. The van der Waals surface area contributed by atoms with Gasteiger partial charge < -0.3 is 15.3 Å². The SMILES string of the molecule is CCNC(=NCC(O)c1ccncc1)N1CCN(C(CC)c2ccccc2)CC1.I. The molecule has 0 saturated carbocycles. The van der Waals surface area contributed by atoms with E-state index >= 15 is 0 Å². The topological polar surface area (TPSA) is 64.0 Å². The molecule has 2 unspecified atom stereocenters. The lowest BCUT2D eigenvalue weighted by Crippen LogP contribution is -2.53. The Morgan fingerprint density at radius 1 is 1.03 bits per heavy atom. The number of aliphatic hydroxyl groups is 1. The smallest absolute Gasteiger partial charge is 0.194 e. The standard InChI is InChI=1S/C23H33N5O.HI/c1-3-21(19-8-6-5-7-9-19)27-14-16-28(17-15-27)23(25-4-2)26-18-22(29)20-10-12-24-13-11-20;/h5-13,21-22,29H,3-4,14-18H2,1-2H3,(H,25,26);1H. The highest BCUT2D eigenvalue weighted by atomic mass is 127. The summed E-state index contributed by atoms with van der Waals surface area (Å²) >= 11 is 0. The summed E-state index contributed by atoms with van der Waals surface area (Å²) in [6.07, 6.45) is 3.89. The van der Waals surface area contributed by atoms with E-state index in [0.29, 0.717) is 12.6 Å². The maximum Gasteiger partial charge on any atom is 0.194 e. The van der Waals surface area contributed by atoms with Crippen LogP contribution in [-0.4, -0.2) is 65.1 Å². The van der Waals surface area contributed by atoms with Crippen molar-refractivity contribution in [3.63, 3.8) is 0 Å². The zero-order valence-corrected chi connectivity index (χ0v) is 20.3. The Morgan fingerprint density at radius 3 is 2.30 bits per heavy atom. The first-order valence-electron chi connectivity index (χ1n) is 10.6. The Balaban J connectivity index is 0.00000320. The minimum Gasteiger partial charge on any atom is -0.386 e. The Bertz CT molecular complexity index is 751. The third-order valence-electron chi connectivity index (χ3n) is 5.47. The van der Waals surface area contributed by atoms with Gasteiger partial charge in [0.1, 0.15) is 0 Å². The predicted molar refractivity (Wildman–Crippen MR) is 133 cm³/mol. The third kappa shape index (κ3) is 6.65. The number of aliphatic imine (C=N–C) groups is 1. The van der Waals surface area contributed by atoms with E-state index in [0.717, 1.165) is 50.7 Å². The Hall–Kier alpha value is -1.71. The molecule has 1 fully saturated rings. The molecule has 0 spiro atoms. The molecule has 3 rings (SSSR count). The molecule has 1 aromatic carbocycles. The summed E-state index contributed by atoms with van der Waals surface area (Å²) < 4.78 is 0. The predicted octanol–water partition coefficient (Wildman–Crippen LogP) is 3.47. The molecule has 1 aliphatic heterocycles. The zero-order valence-electron chi connectivity index (χ0n) is 17.9. The number of aromatic nitrogens is 1. The molecule has 2 N–H and O–H groups in total. The maximum atomic E-state index is 10.4. The molecule has 0 amide bonds. The summed E-state index contributed by atoms with van der Waals surface area (Å²) in [5.74, 6) is 0.882. The van der Waals surface area contributed by atoms with Crippen molar-refractivity contribution >= 4 is 29.9 Å². The van der Waals surface area contributed by atoms with Gasteiger partial charge in [0.15, 0.2) is 5.96 Å². The van der Waals surface area contributed by atoms with Crippen molar-refractivity contribution in [1.29, 1.82) is 0 Å². The van der Waals surface area contributed by atoms with Crippen molar-refractivity contribution in [2.45, 2.75) is 32.4 Å². The Kier molecular flexibility index (Phi) is 10.5. The average molecular weight is 523 g/mol. The summed E-state index contributed by atoms with van der Waals surface area (Å²) in [5.41, 5.74) is 2.24. The Labute approximate surface area is 197 Å². The van der Waals surface area contributed by atoms with E-state index in [-0.39, 0.29) is 24.0 Å².